The standard InChI is InChI=1S/C11H12N4O4S/c12-20(18,19)8-3-1-7(2-4-8)5-13-10(16)9-6-14-11(17)15-9/h1-4,6H,5H2,(H,13,16)(H2,12,18,19)(H2,14,15,17). The minimum atomic E-state index is -3.72. The van der Waals surface area contributed by atoms with Gasteiger partial charge in [0.2, 0.25) is 10.0 Å². The second-order valence-corrected chi connectivity index (χ2v) is 5.59. The molecule has 2 aromatic rings. The molecule has 0 saturated carbocycles. The highest BCUT2D eigenvalue weighted by Gasteiger charge is 2.09. The van der Waals surface area contributed by atoms with Crippen LogP contribution in [0.5, 0.6) is 0 Å². The van der Waals surface area contributed by atoms with E-state index in [-0.39, 0.29) is 17.1 Å². The van der Waals surface area contributed by atoms with E-state index in [9.17, 15) is 18.0 Å². The summed E-state index contributed by atoms with van der Waals surface area (Å²) < 4.78 is 22.1. The highest BCUT2D eigenvalue weighted by Crippen LogP contribution is 2.08. The van der Waals surface area contributed by atoms with E-state index in [4.69, 9.17) is 5.14 Å². The average molecular weight is 296 g/mol. The summed E-state index contributed by atoms with van der Waals surface area (Å²) in [5, 5.41) is 7.55. The van der Waals surface area contributed by atoms with E-state index in [0.717, 1.165) is 0 Å². The fourth-order valence-electron chi connectivity index (χ4n) is 1.53. The van der Waals surface area contributed by atoms with Crippen LogP contribution in [0.25, 0.3) is 0 Å². The minimum absolute atomic E-state index is 0.00235. The van der Waals surface area contributed by atoms with Gasteiger partial charge < -0.3 is 15.3 Å². The highest BCUT2D eigenvalue weighted by atomic mass is 32.2. The van der Waals surface area contributed by atoms with E-state index in [1.165, 1.54) is 18.3 Å². The molecule has 0 bridgehead atoms. The Balaban J connectivity index is 2.01. The third kappa shape index (κ3) is 3.33. The molecule has 9 heteroatoms. The van der Waals surface area contributed by atoms with Gasteiger partial charge in [0.05, 0.1) is 4.90 Å². The van der Waals surface area contributed by atoms with E-state index in [1.54, 1.807) is 12.1 Å². The van der Waals surface area contributed by atoms with Gasteiger partial charge in [-0.3, -0.25) is 4.79 Å². The molecule has 0 fully saturated rings. The number of H-pyrrole nitrogens is 2. The minimum Gasteiger partial charge on any atom is -0.347 e. The van der Waals surface area contributed by atoms with Gasteiger partial charge in [-0.15, -0.1) is 0 Å². The zero-order valence-electron chi connectivity index (χ0n) is 10.2. The van der Waals surface area contributed by atoms with Crippen molar-refractivity contribution in [1.29, 1.82) is 0 Å². The lowest BCUT2D eigenvalue weighted by Crippen LogP contribution is -2.23. The van der Waals surface area contributed by atoms with Gasteiger partial charge in [0.1, 0.15) is 5.69 Å². The average Bonchev–Trinajstić information content (AvgIpc) is 2.82. The van der Waals surface area contributed by atoms with Gasteiger partial charge in [-0.05, 0) is 17.7 Å². The van der Waals surface area contributed by atoms with Crippen LogP contribution in [0.2, 0.25) is 0 Å². The molecule has 0 spiro atoms. The van der Waals surface area contributed by atoms with Crippen LogP contribution in [0, 0.1) is 0 Å². The zero-order valence-corrected chi connectivity index (χ0v) is 11.0. The Kier molecular flexibility index (Phi) is 3.72. The first kappa shape index (κ1) is 14.0. The van der Waals surface area contributed by atoms with Gasteiger partial charge in [0, 0.05) is 12.7 Å². The normalized spacial score (nSPS) is 11.2. The number of nitrogens with two attached hydrogens (primary N) is 1. The second kappa shape index (κ2) is 5.31. The molecule has 1 heterocycles. The Morgan fingerprint density at radius 3 is 2.40 bits per heavy atom. The van der Waals surface area contributed by atoms with Crippen LogP contribution < -0.4 is 16.1 Å². The summed E-state index contributed by atoms with van der Waals surface area (Å²) in [5.74, 6) is -0.445. The summed E-state index contributed by atoms with van der Waals surface area (Å²) in [7, 11) is -3.72. The maximum absolute atomic E-state index is 11.6. The number of rotatable bonds is 4. The Morgan fingerprint density at radius 1 is 1.25 bits per heavy atom. The molecule has 0 radical (unpaired) electrons. The summed E-state index contributed by atoms with van der Waals surface area (Å²) in [6.07, 6.45) is 1.27. The van der Waals surface area contributed by atoms with Gasteiger partial charge in [0.25, 0.3) is 5.91 Å². The highest BCUT2D eigenvalue weighted by molar-refractivity contribution is 7.89. The zero-order chi connectivity index (χ0) is 14.8. The Morgan fingerprint density at radius 2 is 1.90 bits per heavy atom. The molecule has 0 atom stereocenters. The van der Waals surface area contributed by atoms with Crippen molar-refractivity contribution in [3.05, 3.63) is 52.2 Å². The Hall–Kier alpha value is -2.39. The topological polar surface area (TPSA) is 138 Å². The van der Waals surface area contributed by atoms with E-state index in [0.29, 0.717) is 5.56 Å². The number of benzene rings is 1. The molecule has 1 aromatic heterocycles. The third-order valence-electron chi connectivity index (χ3n) is 2.55. The van der Waals surface area contributed by atoms with Crippen molar-refractivity contribution >= 4 is 15.9 Å². The number of sulfonamides is 1. The first-order chi connectivity index (χ1) is 9.36. The lowest BCUT2D eigenvalue weighted by atomic mass is 10.2. The van der Waals surface area contributed by atoms with E-state index >= 15 is 0 Å². The maximum atomic E-state index is 11.6. The predicted molar refractivity (Wildman–Crippen MR) is 70.4 cm³/mol. The number of carbonyl (C=O) groups excluding carboxylic acids is 1. The SMILES string of the molecule is NS(=O)(=O)c1ccc(CNC(=O)c2c[nH]c(=O)[nH]2)cc1. The molecule has 0 saturated heterocycles. The van der Waals surface area contributed by atoms with Crippen LogP contribution in [0.1, 0.15) is 16.1 Å². The number of hydrogen-bond donors (Lipinski definition) is 4. The van der Waals surface area contributed by atoms with Crippen molar-refractivity contribution in [3.8, 4) is 0 Å². The second-order valence-electron chi connectivity index (χ2n) is 4.03. The molecule has 0 aliphatic rings. The van der Waals surface area contributed by atoms with Crippen molar-refractivity contribution in [2.24, 2.45) is 5.14 Å². The molecule has 0 aliphatic heterocycles. The van der Waals surface area contributed by atoms with Crippen molar-refractivity contribution in [1.82, 2.24) is 15.3 Å². The van der Waals surface area contributed by atoms with Gasteiger partial charge in [-0.25, -0.2) is 18.4 Å². The van der Waals surface area contributed by atoms with Crippen molar-refractivity contribution in [2.75, 3.05) is 0 Å². The van der Waals surface area contributed by atoms with Crippen LogP contribution in [0.3, 0.4) is 0 Å². The number of primary sulfonamides is 1. The number of imidazole rings is 1. The third-order valence-corrected chi connectivity index (χ3v) is 3.47. The first-order valence-electron chi connectivity index (χ1n) is 5.54. The van der Waals surface area contributed by atoms with Gasteiger partial charge in [0.15, 0.2) is 0 Å². The molecule has 1 aromatic carbocycles. The summed E-state index contributed by atoms with van der Waals surface area (Å²) in [6, 6.07) is 5.80. The molecule has 8 nitrogen and oxygen atoms in total. The molecular weight excluding hydrogens is 284 g/mol. The molecule has 1 amide bonds. The number of aromatic nitrogens is 2. The smallest absolute Gasteiger partial charge is 0.323 e. The van der Waals surface area contributed by atoms with Crippen LogP contribution in [0.15, 0.2) is 40.2 Å². The monoisotopic (exact) mass is 296 g/mol. The number of aromatic amines is 2. The number of hydrogen-bond acceptors (Lipinski definition) is 4. The quantitative estimate of drug-likeness (QED) is 0.591. The number of carbonyl (C=O) groups is 1. The Labute approximate surface area is 114 Å². The molecule has 5 N–H and O–H groups in total. The van der Waals surface area contributed by atoms with Crippen molar-refractivity contribution in [2.45, 2.75) is 11.4 Å². The lowest BCUT2D eigenvalue weighted by Gasteiger charge is -2.04. The van der Waals surface area contributed by atoms with Gasteiger partial charge in [-0.1, -0.05) is 12.1 Å². The molecule has 2 rings (SSSR count). The van der Waals surface area contributed by atoms with Crippen molar-refractivity contribution < 1.29 is 13.2 Å². The van der Waals surface area contributed by atoms with E-state index in [1.807, 2.05) is 0 Å². The largest absolute Gasteiger partial charge is 0.347 e. The van der Waals surface area contributed by atoms with Crippen LogP contribution in [0.4, 0.5) is 0 Å². The molecule has 0 unspecified atom stereocenters. The number of amides is 1. The molecular formula is C11H12N4O4S. The van der Waals surface area contributed by atoms with Gasteiger partial charge in [-0.2, -0.15) is 0 Å². The van der Waals surface area contributed by atoms with E-state index < -0.39 is 21.6 Å². The van der Waals surface area contributed by atoms with E-state index in [2.05, 4.69) is 15.3 Å². The summed E-state index contributed by atoms with van der Waals surface area (Å²) in [6.45, 7) is 0.191. The van der Waals surface area contributed by atoms with Crippen LogP contribution in [-0.2, 0) is 16.6 Å². The van der Waals surface area contributed by atoms with Crippen LogP contribution in [-0.4, -0.2) is 24.3 Å². The summed E-state index contributed by atoms with van der Waals surface area (Å²) >= 11 is 0. The Bertz CT molecular complexity index is 773. The molecule has 106 valence electrons. The maximum Gasteiger partial charge on any atom is 0.323 e. The lowest BCUT2D eigenvalue weighted by molar-refractivity contribution is 0.0946. The summed E-state index contributed by atoms with van der Waals surface area (Å²) in [4.78, 5) is 27.1. The fourth-order valence-corrected chi connectivity index (χ4v) is 2.04. The molecule has 20 heavy (non-hydrogen) atoms. The molecule has 0 aliphatic carbocycles. The summed E-state index contributed by atoms with van der Waals surface area (Å²) in [5.41, 5.74) is 0.354. The first-order valence-corrected chi connectivity index (χ1v) is 7.08. The van der Waals surface area contributed by atoms with Gasteiger partial charge >= 0.3 is 5.69 Å². The van der Waals surface area contributed by atoms with Crippen LogP contribution >= 0.6 is 0 Å². The fraction of sp³-hybridized carbons (Fsp3) is 0.0909. The number of nitrogens with one attached hydrogen (secondary N) is 3. The predicted octanol–water partition coefficient (Wildman–Crippen LogP) is -0.720. The van der Waals surface area contributed by atoms with Crippen molar-refractivity contribution in [3.63, 3.8) is 0 Å².